The molecule has 0 spiro atoms. The molecule has 0 amide bonds. The maximum atomic E-state index is 5.98. The normalized spacial score (nSPS) is 25.3. The van der Waals surface area contributed by atoms with Gasteiger partial charge in [-0.2, -0.15) is 0 Å². The smallest absolute Gasteiger partial charge is 0.158 e. The molecule has 41 heavy (non-hydrogen) atoms. The molecular weight excluding hydrogens is 514 g/mol. The number of anilines is 4. The minimum absolute atomic E-state index is 0.128. The summed E-state index contributed by atoms with van der Waals surface area (Å²) >= 11 is 0. The van der Waals surface area contributed by atoms with Crippen LogP contribution in [0, 0.1) is 0 Å². The predicted molar refractivity (Wildman–Crippen MR) is 162 cm³/mol. The van der Waals surface area contributed by atoms with E-state index in [4.69, 9.17) is 9.57 Å². The van der Waals surface area contributed by atoms with Crippen molar-refractivity contribution in [2.24, 2.45) is 0 Å². The molecule has 0 radical (unpaired) electrons. The number of piperazine rings is 1. The molecule has 2 aromatic carbocycles. The van der Waals surface area contributed by atoms with Crippen molar-refractivity contribution in [2.45, 2.75) is 56.8 Å². The molecule has 1 N–H and O–H groups in total. The molecular formula is C32H41N7O2. The zero-order valence-electron chi connectivity index (χ0n) is 24.2. The van der Waals surface area contributed by atoms with Crippen molar-refractivity contribution < 1.29 is 9.57 Å². The van der Waals surface area contributed by atoms with E-state index in [1.165, 1.54) is 50.1 Å². The summed E-state index contributed by atoms with van der Waals surface area (Å²) in [7, 11) is 1.73. The van der Waals surface area contributed by atoms with Gasteiger partial charge in [0.15, 0.2) is 5.82 Å². The van der Waals surface area contributed by atoms with Gasteiger partial charge in [-0.1, -0.05) is 37.3 Å². The number of hydrogen-bond acceptors (Lipinski definition) is 9. The van der Waals surface area contributed by atoms with Gasteiger partial charge < -0.3 is 19.9 Å². The molecule has 5 aliphatic rings. The Hall–Kier alpha value is -3.40. The van der Waals surface area contributed by atoms with Crippen LogP contribution in [0.15, 0.2) is 60.9 Å². The number of ether oxygens (including phenoxy) is 1. The topological polar surface area (TPSA) is 69.2 Å². The van der Waals surface area contributed by atoms with Gasteiger partial charge in [0.1, 0.15) is 17.9 Å². The van der Waals surface area contributed by atoms with Gasteiger partial charge in [-0.25, -0.2) is 15.0 Å². The number of aromatic nitrogens is 2. The van der Waals surface area contributed by atoms with Crippen LogP contribution in [-0.4, -0.2) is 84.3 Å². The second-order valence-electron chi connectivity index (χ2n) is 11.7. The number of benzene rings is 2. The summed E-state index contributed by atoms with van der Waals surface area (Å²) in [6.07, 6.45) is 6.36. The SMILES string of the molecule is CCN1CC2CC(C1)N2C1CCN(c2ccc(Nc3cc(N4OCCC4c4ccccc4)ncn3)c(OC)c2)CC1. The Morgan fingerprint density at radius 1 is 0.951 bits per heavy atom. The van der Waals surface area contributed by atoms with Gasteiger partial charge in [0.05, 0.1) is 25.4 Å². The molecule has 0 saturated carbocycles. The van der Waals surface area contributed by atoms with E-state index < -0.39 is 0 Å². The largest absolute Gasteiger partial charge is 0.494 e. The summed E-state index contributed by atoms with van der Waals surface area (Å²) in [5, 5.41) is 5.35. The number of hydrogen-bond donors (Lipinski definition) is 1. The molecule has 8 rings (SSSR count). The monoisotopic (exact) mass is 555 g/mol. The first-order valence-electron chi connectivity index (χ1n) is 15.2. The number of methoxy groups -OCH3 is 1. The van der Waals surface area contributed by atoms with E-state index in [0.29, 0.717) is 12.4 Å². The van der Waals surface area contributed by atoms with Crippen LogP contribution in [0.1, 0.15) is 44.2 Å². The fourth-order valence-corrected chi connectivity index (χ4v) is 7.33. The fourth-order valence-electron chi connectivity index (χ4n) is 7.33. The Kier molecular flexibility index (Phi) is 7.41. The van der Waals surface area contributed by atoms with Crippen LogP contribution in [0.4, 0.5) is 23.0 Å². The van der Waals surface area contributed by atoms with Crippen molar-refractivity contribution in [3.05, 3.63) is 66.5 Å². The minimum Gasteiger partial charge on any atom is -0.494 e. The molecule has 3 unspecified atom stereocenters. The summed E-state index contributed by atoms with van der Waals surface area (Å²) in [6.45, 7) is 8.82. The average molecular weight is 556 g/mol. The molecule has 0 aliphatic carbocycles. The first-order chi connectivity index (χ1) is 20.2. The van der Waals surface area contributed by atoms with Gasteiger partial charge in [0.25, 0.3) is 0 Å². The van der Waals surface area contributed by atoms with E-state index in [1.807, 2.05) is 17.2 Å². The molecule has 5 saturated heterocycles. The van der Waals surface area contributed by atoms with E-state index in [9.17, 15) is 0 Å². The molecule has 1 aromatic heterocycles. The second kappa shape index (κ2) is 11.5. The van der Waals surface area contributed by atoms with Crippen molar-refractivity contribution in [3.63, 3.8) is 0 Å². The van der Waals surface area contributed by atoms with Gasteiger partial charge in [-0.15, -0.1) is 0 Å². The molecule has 5 aliphatic heterocycles. The Morgan fingerprint density at radius 3 is 2.51 bits per heavy atom. The minimum atomic E-state index is 0.128. The highest BCUT2D eigenvalue weighted by atomic mass is 16.7. The Balaban J connectivity index is 1.00. The summed E-state index contributed by atoms with van der Waals surface area (Å²) < 4.78 is 5.83. The van der Waals surface area contributed by atoms with Gasteiger partial charge >= 0.3 is 0 Å². The highest BCUT2D eigenvalue weighted by Crippen LogP contribution is 2.39. The maximum absolute atomic E-state index is 5.98. The highest BCUT2D eigenvalue weighted by Gasteiger charge is 2.47. The van der Waals surface area contributed by atoms with Gasteiger partial charge in [0, 0.05) is 68.5 Å². The number of likely N-dealkylation sites (N-methyl/N-ethyl adjacent to an activating group) is 1. The molecule has 6 heterocycles. The number of nitrogens with one attached hydrogen (secondary N) is 1. The van der Waals surface area contributed by atoms with Crippen molar-refractivity contribution in [1.82, 2.24) is 19.8 Å². The summed E-state index contributed by atoms with van der Waals surface area (Å²) in [5.74, 6) is 2.24. The molecule has 3 aromatic rings. The molecule has 2 bridgehead atoms. The highest BCUT2D eigenvalue weighted by molar-refractivity contribution is 5.70. The first-order valence-corrected chi connectivity index (χ1v) is 15.2. The molecule has 5 fully saturated rings. The molecule has 9 heteroatoms. The molecule has 3 atom stereocenters. The fraction of sp³-hybridized carbons (Fsp3) is 0.500. The number of rotatable bonds is 8. The third-order valence-electron chi connectivity index (χ3n) is 9.44. The van der Waals surface area contributed by atoms with E-state index in [1.54, 1.807) is 13.4 Å². The van der Waals surface area contributed by atoms with Crippen LogP contribution in [0.25, 0.3) is 0 Å². The van der Waals surface area contributed by atoms with Crippen LogP contribution in [-0.2, 0) is 4.84 Å². The van der Waals surface area contributed by atoms with Crippen LogP contribution in [0.5, 0.6) is 5.75 Å². The summed E-state index contributed by atoms with van der Waals surface area (Å²) in [4.78, 5) is 23.0. The van der Waals surface area contributed by atoms with E-state index in [-0.39, 0.29) is 6.04 Å². The zero-order valence-corrected chi connectivity index (χ0v) is 24.2. The number of piperidine rings is 2. The maximum Gasteiger partial charge on any atom is 0.158 e. The zero-order chi connectivity index (χ0) is 27.8. The quantitative estimate of drug-likeness (QED) is 0.420. The Labute approximate surface area is 243 Å². The lowest BCUT2D eigenvalue weighted by Crippen LogP contribution is -2.71. The summed E-state index contributed by atoms with van der Waals surface area (Å²) in [6, 6.07) is 21.2. The predicted octanol–water partition coefficient (Wildman–Crippen LogP) is 4.86. The third kappa shape index (κ3) is 5.22. The Morgan fingerprint density at radius 2 is 1.76 bits per heavy atom. The van der Waals surface area contributed by atoms with Gasteiger partial charge in [-0.05, 0) is 43.5 Å². The van der Waals surface area contributed by atoms with Crippen LogP contribution in [0.2, 0.25) is 0 Å². The standard InChI is InChI=1S/C32H41N7O2/c1-3-36-20-26-17-27(21-36)38(26)24-11-14-37(15-12-24)25-9-10-28(30(18-25)40-2)35-31-19-32(34-22-33-31)39-29(13-16-41-39)23-7-5-4-6-8-23/h4-10,18-19,22,24,26-27,29H,3,11-17,20-21H2,1-2H3,(H,33,34,35). The van der Waals surface area contributed by atoms with E-state index >= 15 is 0 Å². The van der Waals surface area contributed by atoms with E-state index in [0.717, 1.165) is 54.9 Å². The lowest BCUT2D eigenvalue weighted by molar-refractivity contribution is -0.0988. The lowest BCUT2D eigenvalue weighted by atomic mass is 9.83. The van der Waals surface area contributed by atoms with Crippen molar-refractivity contribution in [3.8, 4) is 5.75 Å². The van der Waals surface area contributed by atoms with Crippen molar-refractivity contribution >= 4 is 23.0 Å². The number of hydroxylamine groups is 1. The number of nitrogens with zero attached hydrogens (tertiary/aromatic N) is 6. The summed E-state index contributed by atoms with van der Waals surface area (Å²) in [5.41, 5.74) is 3.31. The second-order valence-corrected chi connectivity index (χ2v) is 11.7. The number of fused-ring (bicyclic) bond motifs is 2. The Bertz CT molecular complexity index is 1320. The average Bonchev–Trinajstić information content (AvgIpc) is 3.53. The third-order valence-corrected chi connectivity index (χ3v) is 9.44. The molecule has 216 valence electrons. The van der Waals surface area contributed by atoms with Crippen molar-refractivity contribution in [2.75, 3.05) is 61.7 Å². The first kappa shape index (κ1) is 26.5. The van der Waals surface area contributed by atoms with Gasteiger partial charge in [-0.3, -0.25) is 9.74 Å². The van der Waals surface area contributed by atoms with Crippen molar-refractivity contribution in [1.29, 1.82) is 0 Å². The van der Waals surface area contributed by atoms with Crippen LogP contribution < -0.4 is 20.0 Å². The van der Waals surface area contributed by atoms with Gasteiger partial charge in [0.2, 0.25) is 0 Å². The molecule has 9 nitrogen and oxygen atoms in total. The van der Waals surface area contributed by atoms with Crippen LogP contribution >= 0.6 is 0 Å². The van der Waals surface area contributed by atoms with Crippen LogP contribution in [0.3, 0.4) is 0 Å². The lowest BCUT2D eigenvalue weighted by Gasteiger charge is -2.60. The van der Waals surface area contributed by atoms with E-state index in [2.05, 4.69) is 79.4 Å².